The summed E-state index contributed by atoms with van der Waals surface area (Å²) in [7, 11) is 0. The number of aromatic nitrogens is 1. The summed E-state index contributed by atoms with van der Waals surface area (Å²) >= 11 is 1.55. The van der Waals surface area contributed by atoms with Crippen LogP contribution in [0.3, 0.4) is 0 Å². The Labute approximate surface area is 168 Å². The van der Waals surface area contributed by atoms with Gasteiger partial charge in [-0.3, -0.25) is 4.79 Å². The predicted octanol–water partition coefficient (Wildman–Crippen LogP) is 5.02. The Morgan fingerprint density at radius 3 is 2.46 bits per heavy atom. The molecule has 1 amide bonds. The van der Waals surface area contributed by atoms with E-state index in [0.29, 0.717) is 6.54 Å². The van der Waals surface area contributed by atoms with Gasteiger partial charge in [0.15, 0.2) is 5.13 Å². The van der Waals surface area contributed by atoms with Crippen LogP contribution in [0.25, 0.3) is 11.3 Å². The van der Waals surface area contributed by atoms with E-state index in [4.69, 9.17) is 0 Å². The molecule has 0 aliphatic rings. The van der Waals surface area contributed by atoms with Gasteiger partial charge in [-0.2, -0.15) is 0 Å². The molecule has 0 spiro atoms. The summed E-state index contributed by atoms with van der Waals surface area (Å²) in [6, 6.07) is 15.0. The van der Waals surface area contributed by atoms with E-state index in [2.05, 4.69) is 39.9 Å². The van der Waals surface area contributed by atoms with Crippen molar-refractivity contribution >= 4 is 22.4 Å². The molecular formula is C22H24FN3OS. The van der Waals surface area contributed by atoms with E-state index < -0.39 is 0 Å². The first kappa shape index (κ1) is 20.0. The van der Waals surface area contributed by atoms with Crippen molar-refractivity contribution in [1.82, 2.24) is 10.3 Å². The molecule has 3 rings (SSSR count). The van der Waals surface area contributed by atoms with Crippen molar-refractivity contribution in [2.75, 3.05) is 5.32 Å². The third kappa shape index (κ3) is 5.89. The summed E-state index contributed by atoms with van der Waals surface area (Å²) < 4.78 is 13.0. The molecule has 28 heavy (non-hydrogen) atoms. The predicted molar refractivity (Wildman–Crippen MR) is 113 cm³/mol. The fourth-order valence-electron chi connectivity index (χ4n) is 2.91. The molecule has 3 aromatic rings. The molecule has 1 unspecified atom stereocenters. The van der Waals surface area contributed by atoms with Gasteiger partial charge in [0, 0.05) is 30.5 Å². The fourth-order valence-corrected chi connectivity index (χ4v) is 3.63. The molecule has 0 aliphatic carbocycles. The van der Waals surface area contributed by atoms with E-state index in [1.165, 1.54) is 17.7 Å². The number of amides is 1. The normalized spacial score (nSPS) is 11.8. The number of carbonyl (C=O) groups excluding carboxylic acids is 1. The number of anilines is 1. The topological polar surface area (TPSA) is 54.0 Å². The summed E-state index contributed by atoms with van der Waals surface area (Å²) in [6.07, 6.45) is 1.83. The smallest absolute Gasteiger partial charge is 0.217 e. The van der Waals surface area contributed by atoms with Crippen LogP contribution in [-0.2, 0) is 17.8 Å². The molecule has 2 aromatic carbocycles. The van der Waals surface area contributed by atoms with Crippen LogP contribution < -0.4 is 10.6 Å². The summed E-state index contributed by atoms with van der Waals surface area (Å²) in [4.78, 5) is 15.7. The standard InChI is InChI=1S/C22H24FN3OS/c1-15(25-16(2)27)3-4-17-5-9-19(10-6-17)21-14-28-22(26-21)24-13-18-7-11-20(23)12-8-18/h5-12,14-15H,3-4,13H2,1-2H3,(H,24,26)(H,25,27). The molecule has 6 heteroatoms. The van der Waals surface area contributed by atoms with Gasteiger partial charge in [-0.25, -0.2) is 9.37 Å². The Bertz CT molecular complexity index is 906. The molecule has 4 nitrogen and oxygen atoms in total. The lowest BCUT2D eigenvalue weighted by Gasteiger charge is -2.12. The zero-order chi connectivity index (χ0) is 19.9. The zero-order valence-electron chi connectivity index (χ0n) is 16.0. The lowest BCUT2D eigenvalue weighted by Crippen LogP contribution is -2.30. The van der Waals surface area contributed by atoms with E-state index in [0.717, 1.165) is 34.8 Å². The first-order valence-corrected chi connectivity index (χ1v) is 10.2. The largest absolute Gasteiger partial charge is 0.357 e. The van der Waals surface area contributed by atoms with Gasteiger partial charge in [0.1, 0.15) is 5.82 Å². The summed E-state index contributed by atoms with van der Waals surface area (Å²) in [5.41, 5.74) is 4.26. The van der Waals surface area contributed by atoms with Gasteiger partial charge in [0.05, 0.1) is 5.69 Å². The molecule has 0 saturated carbocycles. The van der Waals surface area contributed by atoms with Crippen molar-refractivity contribution < 1.29 is 9.18 Å². The summed E-state index contributed by atoms with van der Waals surface area (Å²) in [5.74, 6) is -0.219. The Morgan fingerprint density at radius 1 is 1.11 bits per heavy atom. The second-order valence-corrected chi connectivity index (χ2v) is 7.71. The van der Waals surface area contributed by atoms with Gasteiger partial charge in [0.25, 0.3) is 0 Å². The Kier molecular flexibility index (Phi) is 6.76. The maximum atomic E-state index is 13.0. The van der Waals surface area contributed by atoms with E-state index >= 15 is 0 Å². The van der Waals surface area contributed by atoms with Crippen molar-refractivity contribution in [3.8, 4) is 11.3 Å². The zero-order valence-corrected chi connectivity index (χ0v) is 16.9. The van der Waals surface area contributed by atoms with Crippen LogP contribution >= 0.6 is 11.3 Å². The number of aryl methyl sites for hydroxylation is 1. The Balaban J connectivity index is 1.54. The molecule has 0 radical (unpaired) electrons. The second-order valence-electron chi connectivity index (χ2n) is 6.86. The first-order valence-electron chi connectivity index (χ1n) is 9.30. The average molecular weight is 398 g/mol. The Morgan fingerprint density at radius 2 is 1.79 bits per heavy atom. The molecule has 0 bridgehead atoms. The fraction of sp³-hybridized carbons (Fsp3) is 0.273. The van der Waals surface area contributed by atoms with Gasteiger partial charge in [-0.15, -0.1) is 11.3 Å². The van der Waals surface area contributed by atoms with Crippen LogP contribution in [0.15, 0.2) is 53.9 Å². The van der Waals surface area contributed by atoms with Crippen LogP contribution in [0.1, 0.15) is 31.4 Å². The molecule has 0 fully saturated rings. The van der Waals surface area contributed by atoms with Crippen LogP contribution in [0.2, 0.25) is 0 Å². The third-order valence-corrected chi connectivity index (χ3v) is 5.23. The van der Waals surface area contributed by atoms with Crippen LogP contribution in [0.5, 0.6) is 0 Å². The van der Waals surface area contributed by atoms with Gasteiger partial charge in [-0.05, 0) is 43.0 Å². The van der Waals surface area contributed by atoms with Crippen molar-refractivity contribution in [1.29, 1.82) is 0 Å². The van der Waals surface area contributed by atoms with Crippen LogP contribution in [-0.4, -0.2) is 16.9 Å². The molecule has 1 atom stereocenters. The molecule has 1 heterocycles. The van der Waals surface area contributed by atoms with Gasteiger partial charge < -0.3 is 10.6 Å². The maximum absolute atomic E-state index is 13.0. The van der Waals surface area contributed by atoms with Crippen molar-refractivity contribution in [2.24, 2.45) is 0 Å². The number of nitrogens with one attached hydrogen (secondary N) is 2. The van der Waals surface area contributed by atoms with Gasteiger partial charge in [0.2, 0.25) is 5.91 Å². The quantitative estimate of drug-likeness (QED) is 0.561. The minimum Gasteiger partial charge on any atom is -0.357 e. The van der Waals surface area contributed by atoms with E-state index in [1.54, 1.807) is 30.4 Å². The number of rotatable bonds is 8. The minimum atomic E-state index is -0.228. The molecule has 0 saturated heterocycles. The minimum absolute atomic E-state index is 0.00946. The van der Waals surface area contributed by atoms with E-state index in [-0.39, 0.29) is 17.8 Å². The number of hydrogen-bond donors (Lipinski definition) is 2. The lowest BCUT2D eigenvalue weighted by atomic mass is 10.0. The second kappa shape index (κ2) is 9.46. The molecule has 146 valence electrons. The highest BCUT2D eigenvalue weighted by atomic mass is 32.1. The molecule has 2 N–H and O–H groups in total. The monoisotopic (exact) mass is 397 g/mol. The molecular weight excluding hydrogens is 373 g/mol. The highest BCUT2D eigenvalue weighted by molar-refractivity contribution is 7.14. The summed E-state index contributed by atoms with van der Waals surface area (Å²) in [5, 5.41) is 9.06. The average Bonchev–Trinajstić information content (AvgIpc) is 3.15. The van der Waals surface area contributed by atoms with Gasteiger partial charge in [-0.1, -0.05) is 36.4 Å². The SMILES string of the molecule is CC(=O)NC(C)CCc1ccc(-c2csc(NCc3ccc(F)cc3)n2)cc1. The number of halogens is 1. The van der Waals surface area contributed by atoms with Crippen LogP contribution in [0, 0.1) is 5.82 Å². The highest BCUT2D eigenvalue weighted by Gasteiger charge is 2.07. The number of hydrogen-bond acceptors (Lipinski definition) is 4. The van der Waals surface area contributed by atoms with Crippen molar-refractivity contribution in [3.05, 3.63) is 70.9 Å². The Hall–Kier alpha value is -2.73. The van der Waals surface area contributed by atoms with Crippen molar-refractivity contribution in [2.45, 2.75) is 39.3 Å². The van der Waals surface area contributed by atoms with Gasteiger partial charge >= 0.3 is 0 Å². The van der Waals surface area contributed by atoms with E-state index in [9.17, 15) is 9.18 Å². The van der Waals surface area contributed by atoms with Crippen molar-refractivity contribution in [3.63, 3.8) is 0 Å². The lowest BCUT2D eigenvalue weighted by molar-refractivity contribution is -0.119. The highest BCUT2D eigenvalue weighted by Crippen LogP contribution is 2.25. The number of nitrogens with zero attached hydrogens (tertiary/aromatic N) is 1. The molecule has 0 aliphatic heterocycles. The number of benzene rings is 2. The summed E-state index contributed by atoms with van der Waals surface area (Å²) in [6.45, 7) is 4.17. The number of carbonyl (C=O) groups is 1. The first-order chi connectivity index (χ1) is 13.5. The molecule has 1 aromatic heterocycles. The van der Waals surface area contributed by atoms with Crippen LogP contribution in [0.4, 0.5) is 9.52 Å². The maximum Gasteiger partial charge on any atom is 0.217 e. The number of thiazole rings is 1. The van der Waals surface area contributed by atoms with E-state index in [1.807, 2.05) is 12.3 Å². The third-order valence-electron chi connectivity index (χ3n) is 4.43.